The van der Waals surface area contributed by atoms with Crippen molar-refractivity contribution in [3.8, 4) is 5.75 Å². The SMILES string of the molecule is COc1cccc2cc(C(=O)NCCn3ncc4c(NC(C)C)nc(SC)nc43)oc12. The molecule has 3 aromatic heterocycles. The first-order valence-electron chi connectivity index (χ1n) is 9.89. The minimum atomic E-state index is -0.295. The number of rotatable bonds is 8. The van der Waals surface area contributed by atoms with Gasteiger partial charge in [0.05, 0.1) is 25.2 Å². The Labute approximate surface area is 183 Å². The summed E-state index contributed by atoms with van der Waals surface area (Å²) in [5.74, 6) is 1.29. The predicted molar refractivity (Wildman–Crippen MR) is 121 cm³/mol. The van der Waals surface area contributed by atoms with Gasteiger partial charge in [0.2, 0.25) is 0 Å². The quantitative estimate of drug-likeness (QED) is 0.316. The number of benzene rings is 1. The van der Waals surface area contributed by atoms with Crippen molar-refractivity contribution in [3.05, 3.63) is 36.2 Å². The number of hydrogen-bond acceptors (Lipinski definition) is 8. The van der Waals surface area contributed by atoms with Gasteiger partial charge in [-0.25, -0.2) is 14.6 Å². The fourth-order valence-electron chi connectivity index (χ4n) is 3.25. The van der Waals surface area contributed by atoms with Crippen molar-refractivity contribution >= 4 is 45.5 Å². The van der Waals surface area contributed by atoms with Crippen LogP contribution in [0.5, 0.6) is 5.75 Å². The zero-order valence-electron chi connectivity index (χ0n) is 17.8. The molecule has 10 heteroatoms. The summed E-state index contributed by atoms with van der Waals surface area (Å²) in [6.45, 7) is 4.95. The van der Waals surface area contributed by atoms with Crippen LogP contribution in [0.2, 0.25) is 0 Å². The van der Waals surface area contributed by atoms with Crippen molar-refractivity contribution in [1.29, 1.82) is 0 Å². The number of aromatic nitrogens is 4. The van der Waals surface area contributed by atoms with Gasteiger partial charge in [-0.1, -0.05) is 23.9 Å². The number of carbonyl (C=O) groups excluding carboxylic acids is 1. The summed E-state index contributed by atoms with van der Waals surface area (Å²) in [5.41, 5.74) is 1.28. The number of para-hydroxylation sites is 1. The van der Waals surface area contributed by atoms with E-state index in [0.29, 0.717) is 29.6 Å². The number of hydrogen-bond donors (Lipinski definition) is 2. The third-order valence-corrected chi connectivity index (χ3v) is 5.19. The van der Waals surface area contributed by atoms with Crippen LogP contribution in [0.15, 0.2) is 40.0 Å². The summed E-state index contributed by atoms with van der Waals surface area (Å²) in [5, 5.41) is 13.0. The van der Waals surface area contributed by atoms with Gasteiger partial charge in [-0.05, 0) is 32.2 Å². The van der Waals surface area contributed by atoms with Gasteiger partial charge in [-0.3, -0.25) is 4.79 Å². The standard InChI is InChI=1S/C21H24N6O3S/c1-12(2)24-18-14-11-23-27(19(14)26-21(25-18)31-4)9-8-22-20(28)16-10-13-6-5-7-15(29-3)17(13)30-16/h5-7,10-12H,8-9H2,1-4H3,(H,22,28)(H,24,25,26). The molecule has 3 heterocycles. The maximum atomic E-state index is 12.6. The normalized spacial score (nSPS) is 11.4. The molecule has 1 aromatic carbocycles. The molecule has 0 saturated heterocycles. The summed E-state index contributed by atoms with van der Waals surface area (Å²) in [4.78, 5) is 21.7. The average molecular weight is 441 g/mol. The Morgan fingerprint density at radius 1 is 1.32 bits per heavy atom. The molecule has 0 aliphatic rings. The highest BCUT2D eigenvalue weighted by atomic mass is 32.2. The molecule has 9 nitrogen and oxygen atoms in total. The molecular formula is C21H24N6O3S. The summed E-state index contributed by atoms with van der Waals surface area (Å²) >= 11 is 1.47. The van der Waals surface area contributed by atoms with E-state index in [1.807, 2.05) is 18.4 Å². The number of anilines is 1. The first kappa shape index (κ1) is 21.0. The van der Waals surface area contributed by atoms with Crippen LogP contribution in [0.4, 0.5) is 5.82 Å². The summed E-state index contributed by atoms with van der Waals surface area (Å²) in [7, 11) is 1.57. The minimum Gasteiger partial charge on any atom is -0.493 e. The fourth-order valence-corrected chi connectivity index (χ4v) is 3.61. The number of thioether (sulfide) groups is 1. The van der Waals surface area contributed by atoms with Crippen LogP contribution < -0.4 is 15.4 Å². The molecule has 0 aliphatic heterocycles. The number of methoxy groups -OCH3 is 1. The second-order valence-electron chi connectivity index (χ2n) is 7.21. The lowest BCUT2D eigenvalue weighted by Gasteiger charge is -2.11. The van der Waals surface area contributed by atoms with Gasteiger partial charge in [0, 0.05) is 18.0 Å². The molecule has 4 rings (SSSR count). The monoisotopic (exact) mass is 440 g/mol. The van der Waals surface area contributed by atoms with Crippen molar-refractivity contribution < 1.29 is 13.9 Å². The van der Waals surface area contributed by atoms with E-state index in [-0.39, 0.29) is 17.7 Å². The molecule has 0 saturated carbocycles. The van der Waals surface area contributed by atoms with Crippen LogP contribution in [0, 0.1) is 0 Å². The highest BCUT2D eigenvalue weighted by Crippen LogP contribution is 2.28. The van der Waals surface area contributed by atoms with Crippen molar-refractivity contribution in [2.45, 2.75) is 31.6 Å². The Balaban J connectivity index is 1.49. The van der Waals surface area contributed by atoms with Crippen LogP contribution in [-0.2, 0) is 6.54 Å². The number of fused-ring (bicyclic) bond motifs is 2. The third kappa shape index (κ3) is 4.29. The summed E-state index contributed by atoms with van der Waals surface area (Å²) in [6, 6.07) is 7.47. The van der Waals surface area contributed by atoms with Crippen molar-refractivity contribution in [3.63, 3.8) is 0 Å². The van der Waals surface area contributed by atoms with Crippen LogP contribution in [0.1, 0.15) is 24.4 Å². The van der Waals surface area contributed by atoms with E-state index >= 15 is 0 Å². The van der Waals surface area contributed by atoms with E-state index < -0.39 is 0 Å². The molecule has 162 valence electrons. The van der Waals surface area contributed by atoms with Gasteiger partial charge in [-0.2, -0.15) is 5.10 Å². The number of nitrogens with one attached hydrogen (secondary N) is 2. The highest BCUT2D eigenvalue weighted by Gasteiger charge is 2.16. The van der Waals surface area contributed by atoms with Gasteiger partial charge < -0.3 is 19.8 Å². The Morgan fingerprint density at radius 3 is 2.90 bits per heavy atom. The molecule has 0 spiro atoms. The Kier molecular flexibility index (Phi) is 5.99. The van der Waals surface area contributed by atoms with Gasteiger partial charge in [-0.15, -0.1) is 0 Å². The van der Waals surface area contributed by atoms with E-state index in [4.69, 9.17) is 9.15 Å². The lowest BCUT2D eigenvalue weighted by atomic mass is 10.2. The number of ether oxygens (including phenoxy) is 1. The second kappa shape index (κ2) is 8.84. The first-order valence-corrected chi connectivity index (χ1v) is 11.1. The average Bonchev–Trinajstić information content (AvgIpc) is 3.37. The van der Waals surface area contributed by atoms with Gasteiger partial charge in [0.25, 0.3) is 5.91 Å². The fraction of sp³-hybridized carbons (Fsp3) is 0.333. The maximum absolute atomic E-state index is 12.6. The number of amides is 1. The largest absolute Gasteiger partial charge is 0.493 e. The minimum absolute atomic E-state index is 0.234. The number of nitrogens with zero attached hydrogens (tertiary/aromatic N) is 4. The molecule has 0 fully saturated rings. The molecule has 2 N–H and O–H groups in total. The zero-order valence-corrected chi connectivity index (χ0v) is 18.6. The van der Waals surface area contributed by atoms with E-state index in [9.17, 15) is 4.79 Å². The molecule has 31 heavy (non-hydrogen) atoms. The van der Waals surface area contributed by atoms with E-state index in [0.717, 1.165) is 22.2 Å². The van der Waals surface area contributed by atoms with Crippen molar-refractivity contribution in [1.82, 2.24) is 25.1 Å². The van der Waals surface area contributed by atoms with Gasteiger partial charge in [0.15, 0.2) is 27.9 Å². The second-order valence-corrected chi connectivity index (χ2v) is 7.98. The first-order chi connectivity index (χ1) is 15.0. The molecule has 0 atom stereocenters. The number of carbonyl (C=O) groups is 1. The molecular weight excluding hydrogens is 416 g/mol. The number of furan rings is 1. The predicted octanol–water partition coefficient (Wildman–Crippen LogP) is 3.55. The molecule has 0 bridgehead atoms. The molecule has 1 amide bonds. The Bertz CT molecular complexity index is 1230. The summed E-state index contributed by atoms with van der Waals surface area (Å²) in [6.07, 6.45) is 3.68. The lowest BCUT2D eigenvalue weighted by molar-refractivity contribution is 0.0926. The molecule has 0 unspecified atom stereocenters. The van der Waals surface area contributed by atoms with Crippen LogP contribution in [0.25, 0.3) is 22.0 Å². The van der Waals surface area contributed by atoms with Crippen molar-refractivity contribution in [2.75, 3.05) is 25.2 Å². The third-order valence-electron chi connectivity index (χ3n) is 4.64. The molecule has 4 aromatic rings. The van der Waals surface area contributed by atoms with Gasteiger partial charge >= 0.3 is 0 Å². The summed E-state index contributed by atoms with van der Waals surface area (Å²) < 4.78 is 12.8. The van der Waals surface area contributed by atoms with Crippen molar-refractivity contribution in [2.24, 2.45) is 0 Å². The Morgan fingerprint density at radius 2 is 2.16 bits per heavy atom. The lowest BCUT2D eigenvalue weighted by Crippen LogP contribution is -2.27. The van der Waals surface area contributed by atoms with Crippen LogP contribution >= 0.6 is 11.8 Å². The van der Waals surface area contributed by atoms with E-state index in [1.54, 1.807) is 30.1 Å². The Hall–Kier alpha value is -3.27. The highest BCUT2D eigenvalue weighted by molar-refractivity contribution is 7.98. The van der Waals surface area contributed by atoms with Crippen LogP contribution in [0.3, 0.4) is 0 Å². The topological polar surface area (TPSA) is 107 Å². The smallest absolute Gasteiger partial charge is 0.287 e. The van der Waals surface area contributed by atoms with E-state index in [2.05, 4.69) is 39.5 Å². The zero-order chi connectivity index (χ0) is 22.0. The van der Waals surface area contributed by atoms with Gasteiger partial charge in [0.1, 0.15) is 5.82 Å². The van der Waals surface area contributed by atoms with E-state index in [1.165, 1.54) is 11.8 Å². The maximum Gasteiger partial charge on any atom is 0.287 e. The molecule has 0 aliphatic carbocycles. The van der Waals surface area contributed by atoms with Crippen LogP contribution in [-0.4, -0.2) is 51.6 Å². The molecule has 0 radical (unpaired) electrons.